The fraction of sp³-hybridized carbons (Fsp3) is 0.357. The topological polar surface area (TPSA) is 24.9 Å². The van der Waals surface area contributed by atoms with E-state index in [2.05, 4.69) is 41.4 Å². The summed E-state index contributed by atoms with van der Waals surface area (Å²) in [6.45, 7) is 3.26. The molecule has 1 saturated carbocycles. The summed E-state index contributed by atoms with van der Waals surface area (Å²) in [5, 5.41) is 4.77. The van der Waals surface area contributed by atoms with Gasteiger partial charge in [-0.25, -0.2) is 0 Å². The molecule has 1 fully saturated rings. The van der Waals surface area contributed by atoms with E-state index in [-0.39, 0.29) is 0 Å². The lowest BCUT2D eigenvalue weighted by Gasteiger charge is -2.09. The van der Waals surface area contributed by atoms with Crippen LogP contribution >= 0.6 is 0 Å². The smallest absolute Gasteiger partial charge is 0.156 e. The van der Waals surface area contributed by atoms with Gasteiger partial charge in [-0.05, 0) is 24.8 Å². The lowest BCUT2D eigenvalue weighted by Crippen LogP contribution is -2.11. The van der Waals surface area contributed by atoms with Crippen LogP contribution in [0.4, 0.5) is 5.69 Å². The Morgan fingerprint density at radius 3 is 3.06 bits per heavy atom. The van der Waals surface area contributed by atoms with Gasteiger partial charge in [0.25, 0.3) is 0 Å². The number of para-hydroxylation sites is 1. The van der Waals surface area contributed by atoms with Gasteiger partial charge in [-0.2, -0.15) is 0 Å². The molecule has 0 amide bonds. The molecule has 1 heterocycles. The fourth-order valence-electron chi connectivity index (χ4n) is 2.12. The number of nitrogens with one attached hydrogen (secondary N) is 1. The van der Waals surface area contributed by atoms with Crippen molar-refractivity contribution in [3.8, 4) is 0 Å². The van der Waals surface area contributed by atoms with Gasteiger partial charge in [-0.15, -0.1) is 0 Å². The van der Waals surface area contributed by atoms with E-state index >= 15 is 0 Å². The number of hydrogen-bond donors (Lipinski definition) is 1. The van der Waals surface area contributed by atoms with E-state index in [4.69, 9.17) is 0 Å². The largest absolute Gasteiger partial charge is 0.383 e. The molecule has 86 valence electrons. The lowest BCUT2D eigenvalue weighted by atomic mass is 9.74. The number of hydrogen-bond acceptors (Lipinski definition) is 2. The van der Waals surface area contributed by atoms with Crippen molar-refractivity contribution in [2.24, 2.45) is 5.92 Å². The molecular weight excluding hydrogens is 207 g/mol. The van der Waals surface area contributed by atoms with Gasteiger partial charge in [0.2, 0.25) is 0 Å². The Morgan fingerprint density at radius 1 is 1.41 bits per heavy atom. The van der Waals surface area contributed by atoms with Crippen LogP contribution in [0, 0.1) is 5.92 Å². The second kappa shape index (κ2) is 4.40. The first kappa shape index (κ1) is 10.6. The number of pyridine rings is 1. The number of anilines is 1. The molecule has 0 atom stereocenters. The van der Waals surface area contributed by atoms with Gasteiger partial charge >= 0.3 is 0 Å². The molecule has 1 aliphatic rings. The number of benzene rings is 1. The fourth-order valence-corrected chi connectivity index (χ4v) is 2.12. The van der Waals surface area contributed by atoms with Gasteiger partial charge in [0.1, 0.15) is 0 Å². The van der Waals surface area contributed by atoms with E-state index < -0.39 is 0 Å². The first-order valence-corrected chi connectivity index (χ1v) is 6.48. The van der Waals surface area contributed by atoms with Crippen molar-refractivity contribution >= 4 is 29.3 Å². The molecule has 0 unspecified atom stereocenters. The number of nitrogens with zero attached hydrogens (tertiary/aromatic N) is 1. The van der Waals surface area contributed by atoms with E-state index in [1.54, 1.807) is 0 Å². The predicted octanol–water partition coefficient (Wildman–Crippen LogP) is 2.17. The van der Waals surface area contributed by atoms with Crippen LogP contribution < -0.4 is 10.8 Å². The molecule has 17 heavy (non-hydrogen) atoms. The third-order valence-corrected chi connectivity index (χ3v) is 3.45. The molecule has 1 aliphatic carbocycles. The van der Waals surface area contributed by atoms with E-state index in [0.29, 0.717) is 0 Å². The minimum atomic E-state index is 0.889. The van der Waals surface area contributed by atoms with Crippen LogP contribution in [0.15, 0.2) is 30.5 Å². The predicted molar refractivity (Wildman–Crippen MR) is 75.6 cm³/mol. The minimum absolute atomic E-state index is 0.889. The van der Waals surface area contributed by atoms with Crippen molar-refractivity contribution in [1.82, 2.24) is 4.98 Å². The van der Waals surface area contributed by atoms with E-state index in [1.165, 1.54) is 29.4 Å². The minimum Gasteiger partial charge on any atom is -0.383 e. The summed E-state index contributed by atoms with van der Waals surface area (Å²) in [4.78, 5) is 4.59. The molecule has 0 radical (unpaired) electrons. The van der Waals surface area contributed by atoms with Crippen molar-refractivity contribution in [2.75, 3.05) is 11.9 Å². The van der Waals surface area contributed by atoms with Crippen LogP contribution in [-0.2, 0) is 0 Å². The maximum atomic E-state index is 4.59. The molecule has 3 rings (SSSR count). The van der Waals surface area contributed by atoms with Crippen LogP contribution in [-0.4, -0.2) is 18.8 Å². The van der Waals surface area contributed by atoms with Gasteiger partial charge in [0, 0.05) is 18.1 Å². The zero-order valence-electron chi connectivity index (χ0n) is 10.2. The Bertz CT molecular complexity index is 535. The number of aromatic nitrogens is 1. The number of rotatable bonds is 4. The molecule has 1 aromatic carbocycles. The highest BCUT2D eigenvalue weighted by Gasteiger charge is 2.20. The standard InChI is InChI=1S/C14H17BN2/c1-15-12-7-11-3-2-4-13(14(11)17-9-12)16-8-10-5-6-10/h2-4,7,9-10,15-16H,5-6,8H2,1H3. The molecule has 1 N–H and O–H groups in total. The summed E-state index contributed by atoms with van der Waals surface area (Å²) < 4.78 is 0. The highest BCUT2D eigenvalue weighted by atomic mass is 14.9. The Balaban J connectivity index is 1.93. The van der Waals surface area contributed by atoms with Gasteiger partial charge in [-0.1, -0.05) is 30.5 Å². The molecule has 0 bridgehead atoms. The maximum absolute atomic E-state index is 4.59. The molecule has 0 aliphatic heterocycles. The van der Waals surface area contributed by atoms with Crippen LogP contribution in [0.1, 0.15) is 12.8 Å². The molecule has 1 aromatic heterocycles. The van der Waals surface area contributed by atoms with Crippen LogP contribution in [0.2, 0.25) is 6.82 Å². The molecule has 0 spiro atoms. The van der Waals surface area contributed by atoms with Crippen molar-refractivity contribution in [3.05, 3.63) is 30.5 Å². The summed E-state index contributed by atoms with van der Waals surface area (Å²) >= 11 is 0. The van der Waals surface area contributed by atoms with E-state index in [9.17, 15) is 0 Å². The Morgan fingerprint density at radius 2 is 2.29 bits per heavy atom. The van der Waals surface area contributed by atoms with Crippen molar-refractivity contribution in [1.29, 1.82) is 0 Å². The van der Waals surface area contributed by atoms with Crippen LogP contribution in [0.25, 0.3) is 10.9 Å². The monoisotopic (exact) mass is 224 g/mol. The van der Waals surface area contributed by atoms with Gasteiger partial charge in [-0.3, -0.25) is 4.98 Å². The highest BCUT2D eigenvalue weighted by molar-refractivity contribution is 6.52. The SMILES string of the molecule is CBc1cnc2c(NCC3CC3)cccc2c1. The first-order chi connectivity index (χ1) is 8.36. The lowest BCUT2D eigenvalue weighted by molar-refractivity contribution is 0.890. The quantitative estimate of drug-likeness (QED) is 0.805. The number of fused-ring (bicyclic) bond motifs is 1. The van der Waals surface area contributed by atoms with Crippen LogP contribution in [0.5, 0.6) is 0 Å². The zero-order valence-corrected chi connectivity index (χ0v) is 10.2. The summed E-state index contributed by atoms with van der Waals surface area (Å²) in [6.07, 6.45) is 4.75. The second-order valence-corrected chi connectivity index (χ2v) is 4.90. The zero-order chi connectivity index (χ0) is 11.7. The van der Waals surface area contributed by atoms with Crippen LogP contribution in [0.3, 0.4) is 0 Å². The van der Waals surface area contributed by atoms with Gasteiger partial charge in [0.15, 0.2) is 7.28 Å². The van der Waals surface area contributed by atoms with E-state index in [0.717, 1.165) is 25.3 Å². The van der Waals surface area contributed by atoms with Crippen molar-refractivity contribution in [2.45, 2.75) is 19.7 Å². The molecule has 0 saturated heterocycles. The van der Waals surface area contributed by atoms with Crippen molar-refractivity contribution in [3.63, 3.8) is 0 Å². The van der Waals surface area contributed by atoms with Crippen molar-refractivity contribution < 1.29 is 0 Å². The molecular formula is C14H17BN2. The Hall–Kier alpha value is -1.51. The highest BCUT2D eigenvalue weighted by Crippen LogP contribution is 2.30. The average Bonchev–Trinajstić information content (AvgIpc) is 3.19. The summed E-state index contributed by atoms with van der Waals surface area (Å²) in [7, 11) is 1.04. The second-order valence-electron chi connectivity index (χ2n) is 4.90. The average molecular weight is 224 g/mol. The first-order valence-electron chi connectivity index (χ1n) is 6.48. The Labute approximate surface area is 103 Å². The normalized spacial score (nSPS) is 14.9. The third kappa shape index (κ3) is 2.28. The summed E-state index contributed by atoms with van der Waals surface area (Å²) in [5.74, 6) is 0.889. The van der Waals surface area contributed by atoms with Gasteiger partial charge in [0.05, 0.1) is 11.2 Å². The summed E-state index contributed by atoms with van der Waals surface area (Å²) in [6, 6.07) is 8.62. The molecule has 2 aromatic rings. The maximum Gasteiger partial charge on any atom is 0.156 e. The summed E-state index contributed by atoms with van der Waals surface area (Å²) in [5.41, 5.74) is 3.58. The van der Waals surface area contributed by atoms with Gasteiger partial charge < -0.3 is 5.32 Å². The van der Waals surface area contributed by atoms with E-state index in [1.807, 2.05) is 6.20 Å². The Kier molecular flexibility index (Phi) is 2.75. The molecule has 2 nitrogen and oxygen atoms in total. The molecule has 3 heteroatoms. The third-order valence-electron chi connectivity index (χ3n) is 3.45.